The van der Waals surface area contributed by atoms with Crippen molar-refractivity contribution in [1.29, 1.82) is 0 Å². The van der Waals surface area contributed by atoms with E-state index in [4.69, 9.17) is 0 Å². The Morgan fingerprint density at radius 1 is 1.14 bits per heavy atom. The molecule has 1 aliphatic rings. The lowest BCUT2D eigenvalue weighted by Crippen LogP contribution is -2.25. The van der Waals surface area contributed by atoms with Crippen molar-refractivity contribution in [2.75, 3.05) is 0 Å². The standard InChI is InChI=1S/C15H12F3NOS/c1-15(2)5-10-13(11(20)6-15)21-14(19-10)12-8(17)3-7(16)4-9(12)18/h3-4H,5-6H2,1-2H3. The summed E-state index contributed by atoms with van der Waals surface area (Å²) in [5.41, 5.74) is -0.0178. The molecule has 0 spiro atoms. The minimum absolute atomic E-state index is 0.0621. The highest BCUT2D eigenvalue weighted by Gasteiger charge is 2.34. The molecule has 1 heterocycles. The Kier molecular flexibility index (Phi) is 3.16. The van der Waals surface area contributed by atoms with Crippen LogP contribution in [0.1, 0.15) is 35.6 Å². The number of Topliss-reactive ketones (excluding diaryl/α,β-unsaturated/α-hetero) is 1. The maximum atomic E-state index is 13.8. The van der Waals surface area contributed by atoms with Crippen LogP contribution in [-0.4, -0.2) is 10.8 Å². The van der Waals surface area contributed by atoms with E-state index in [9.17, 15) is 18.0 Å². The molecule has 0 N–H and O–H groups in total. The van der Waals surface area contributed by atoms with Crippen LogP contribution in [0.5, 0.6) is 0 Å². The van der Waals surface area contributed by atoms with Gasteiger partial charge in [-0.1, -0.05) is 13.8 Å². The number of thiazole rings is 1. The molecular formula is C15H12F3NOS. The average Bonchev–Trinajstić information content (AvgIpc) is 2.69. The van der Waals surface area contributed by atoms with Gasteiger partial charge in [-0.2, -0.15) is 0 Å². The van der Waals surface area contributed by atoms with Crippen molar-refractivity contribution in [2.45, 2.75) is 26.7 Å². The van der Waals surface area contributed by atoms with Gasteiger partial charge in [-0.15, -0.1) is 11.3 Å². The molecule has 1 aliphatic carbocycles. The number of rotatable bonds is 1. The van der Waals surface area contributed by atoms with Crippen LogP contribution < -0.4 is 0 Å². The van der Waals surface area contributed by atoms with Gasteiger partial charge in [-0.25, -0.2) is 18.2 Å². The second-order valence-electron chi connectivity index (χ2n) is 5.98. The number of hydrogen-bond donors (Lipinski definition) is 0. The zero-order valence-electron chi connectivity index (χ0n) is 11.5. The van der Waals surface area contributed by atoms with Crippen LogP contribution >= 0.6 is 11.3 Å². The zero-order valence-corrected chi connectivity index (χ0v) is 12.3. The summed E-state index contributed by atoms with van der Waals surface area (Å²) in [7, 11) is 0. The molecule has 1 aromatic heterocycles. The second-order valence-corrected chi connectivity index (χ2v) is 6.98. The van der Waals surface area contributed by atoms with Crippen LogP contribution in [0.15, 0.2) is 12.1 Å². The number of nitrogens with zero attached hydrogens (tertiary/aromatic N) is 1. The molecule has 0 fully saturated rings. The monoisotopic (exact) mass is 311 g/mol. The summed E-state index contributed by atoms with van der Waals surface area (Å²) in [5.74, 6) is -3.06. The Balaban J connectivity index is 2.13. The Labute approximate surface area is 123 Å². The summed E-state index contributed by atoms with van der Waals surface area (Å²) >= 11 is 0.968. The number of hydrogen-bond acceptors (Lipinski definition) is 3. The van der Waals surface area contributed by atoms with E-state index >= 15 is 0 Å². The van der Waals surface area contributed by atoms with Gasteiger partial charge in [-0.3, -0.25) is 4.79 Å². The summed E-state index contributed by atoms with van der Waals surface area (Å²) in [6.45, 7) is 3.90. The molecule has 0 unspecified atom stereocenters. The molecule has 0 saturated heterocycles. The van der Waals surface area contributed by atoms with Gasteiger partial charge in [-0.05, 0) is 11.8 Å². The fourth-order valence-electron chi connectivity index (χ4n) is 2.57. The van der Waals surface area contributed by atoms with E-state index < -0.39 is 17.5 Å². The molecule has 110 valence electrons. The number of ketones is 1. The Morgan fingerprint density at radius 3 is 2.38 bits per heavy atom. The Bertz CT molecular complexity index is 728. The first-order chi connectivity index (χ1) is 9.77. The quantitative estimate of drug-likeness (QED) is 0.782. The zero-order chi connectivity index (χ0) is 15.4. The Hall–Kier alpha value is -1.69. The molecule has 1 aromatic carbocycles. The van der Waals surface area contributed by atoms with Crippen LogP contribution in [0.3, 0.4) is 0 Å². The minimum Gasteiger partial charge on any atom is -0.293 e. The number of carbonyl (C=O) groups is 1. The van der Waals surface area contributed by atoms with Crippen LogP contribution in [0.4, 0.5) is 13.2 Å². The predicted octanol–water partition coefficient (Wildman–Crippen LogP) is 4.38. The second kappa shape index (κ2) is 4.66. The van der Waals surface area contributed by atoms with Gasteiger partial charge in [0.05, 0.1) is 16.1 Å². The van der Waals surface area contributed by atoms with Gasteiger partial charge in [0, 0.05) is 18.6 Å². The fourth-order valence-corrected chi connectivity index (χ4v) is 3.64. The normalized spacial score (nSPS) is 16.9. The lowest BCUT2D eigenvalue weighted by atomic mass is 9.78. The number of halogens is 3. The van der Waals surface area contributed by atoms with E-state index in [1.54, 1.807) is 0 Å². The van der Waals surface area contributed by atoms with E-state index in [2.05, 4.69) is 4.98 Å². The Morgan fingerprint density at radius 2 is 1.76 bits per heavy atom. The molecule has 2 aromatic rings. The largest absolute Gasteiger partial charge is 0.293 e. The molecule has 6 heteroatoms. The molecule has 21 heavy (non-hydrogen) atoms. The molecule has 0 atom stereocenters. The highest BCUT2D eigenvalue weighted by atomic mass is 32.1. The molecule has 0 amide bonds. The van der Waals surface area contributed by atoms with E-state index in [1.807, 2.05) is 13.8 Å². The van der Waals surface area contributed by atoms with E-state index in [0.717, 1.165) is 11.3 Å². The van der Waals surface area contributed by atoms with Crippen LogP contribution in [-0.2, 0) is 6.42 Å². The van der Waals surface area contributed by atoms with E-state index in [1.165, 1.54) is 0 Å². The van der Waals surface area contributed by atoms with Gasteiger partial charge in [0.15, 0.2) is 5.78 Å². The summed E-state index contributed by atoms with van der Waals surface area (Å²) in [6, 6.07) is 1.23. The SMILES string of the molecule is CC1(C)CC(=O)c2sc(-c3c(F)cc(F)cc3F)nc2C1. The molecular weight excluding hydrogens is 299 g/mol. The van der Waals surface area contributed by atoms with Crippen LogP contribution in [0.25, 0.3) is 10.6 Å². The fraction of sp³-hybridized carbons (Fsp3) is 0.333. The minimum atomic E-state index is -1.01. The van der Waals surface area contributed by atoms with E-state index in [0.29, 0.717) is 35.5 Å². The summed E-state index contributed by atoms with van der Waals surface area (Å²) in [6.07, 6.45) is 0.963. The topological polar surface area (TPSA) is 30.0 Å². The number of carbonyl (C=O) groups excluding carboxylic acids is 1. The molecule has 0 bridgehead atoms. The van der Waals surface area contributed by atoms with Crippen molar-refractivity contribution in [3.8, 4) is 10.6 Å². The molecule has 0 radical (unpaired) electrons. The first-order valence-corrected chi connectivity index (χ1v) is 7.26. The maximum Gasteiger partial charge on any atom is 0.175 e. The molecule has 0 saturated carbocycles. The summed E-state index contributed by atoms with van der Waals surface area (Å²) in [5, 5.41) is 0.0843. The number of fused-ring (bicyclic) bond motifs is 1. The average molecular weight is 311 g/mol. The van der Waals surface area contributed by atoms with Crippen molar-refractivity contribution in [1.82, 2.24) is 4.98 Å². The number of benzene rings is 1. The highest BCUT2D eigenvalue weighted by molar-refractivity contribution is 7.17. The molecule has 2 nitrogen and oxygen atoms in total. The van der Waals surface area contributed by atoms with Crippen molar-refractivity contribution in [2.24, 2.45) is 5.41 Å². The highest BCUT2D eigenvalue weighted by Crippen LogP contribution is 2.40. The predicted molar refractivity (Wildman–Crippen MR) is 73.9 cm³/mol. The van der Waals surface area contributed by atoms with Crippen molar-refractivity contribution >= 4 is 17.1 Å². The summed E-state index contributed by atoms with van der Waals surface area (Å²) < 4.78 is 40.6. The van der Waals surface area contributed by atoms with Crippen molar-refractivity contribution in [3.05, 3.63) is 40.2 Å². The number of aromatic nitrogens is 1. The van der Waals surface area contributed by atoms with Crippen LogP contribution in [0, 0.1) is 22.9 Å². The van der Waals surface area contributed by atoms with Crippen LogP contribution in [0.2, 0.25) is 0 Å². The van der Waals surface area contributed by atoms with Gasteiger partial charge >= 0.3 is 0 Å². The van der Waals surface area contributed by atoms with Gasteiger partial charge in [0.1, 0.15) is 22.5 Å². The van der Waals surface area contributed by atoms with Gasteiger partial charge in [0.25, 0.3) is 0 Å². The van der Waals surface area contributed by atoms with Gasteiger partial charge in [0.2, 0.25) is 0 Å². The van der Waals surface area contributed by atoms with Crippen molar-refractivity contribution in [3.63, 3.8) is 0 Å². The molecule has 3 rings (SSSR count). The third-order valence-corrected chi connectivity index (χ3v) is 4.61. The maximum absolute atomic E-state index is 13.8. The smallest absolute Gasteiger partial charge is 0.175 e. The first-order valence-electron chi connectivity index (χ1n) is 6.45. The third kappa shape index (κ3) is 2.48. The lowest BCUT2D eigenvalue weighted by molar-refractivity contribution is 0.0916. The third-order valence-electron chi connectivity index (χ3n) is 3.46. The van der Waals surface area contributed by atoms with Crippen molar-refractivity contribution < 1.29 is 18.0 Å². The molecule has 0 aliphatic heterocycles. The van der Waals surface area contributed by atoms with E-state index in [-0.39, 0.29) is 21.8 Å². The first kappa shape index (κ1) is 14.3. The van der Waals surface area contributed by atoms with Gasteiger partial charge < -0.3 is 0 Å². The lowest BCUT2D eigenvalue weighted by Gasteiger charge is -2.26. The summed E-state index contributed by atoms with van der Waals surface area (Å²) in [4.78, 5) is 16.8.